The monoisotopic (exact) mass is 323 g/mol. The second kappa shape index (κ2) is 5.65. The normalized spacial score (nSPS) is 13.8. The SMILES string of the molecule is CC(C)(C)OCC(N)c1ccc(Br)c(Cl)c1F. The predicted octanol–water partition coefficient (Wildman–Crippen LogP) is 4.06. The minimum atomic E-state index is -0.528. The lowest BCUT2D eigenvalue weighted by molar-refractivity contribution is -0.0105. The van der Waals surface area contributed by atoms with Crippen molar-refractivity contribution in [3.05, 3.63) is 33.0 Å². The summed E-state index contributed by atoms with van der Waals surface area (Å²) >= 11 is 8.95. The number of ether oxygens (including phenoxy) is 1. The summed E-state index contributed by atoms with van der Waals surface area (Å²) in [7, 11) is 0. The zero-order chi connectivity index (χ0) is 13.2. The molecular weight excluding hydrogens is 308 g/mol. The van der Waals surface area contributed by atoms with E-state index in [1.807, 2.05) is 20.8 Å². The third-order valence-electron chi connectivity index (χ3n) is 2.16. The van der Waals surface area contributed by atoms with Crippen LogP contribution >= 0.6 is 27.5 Å². The topological polar surface area (TPSA) is 35.2 Å². The molecule has 0 saturated carbocycles. The standard InChI is InChI=1S/C12H16BrClFNO/c1-12(2,3)17-6-9(16)7-4-5-8(13)10(14)11(7)15/h4-5,9H,6,16H2,1-3H3. The van der Waals surface area contributed by atoms with Gasteiger partial charge in [0.1, 0.15) is 5.82 Å². The third kappa shape index (κ3) is 4.21. The van der Waals surface area contributed by atoms with E-state index < -0.39 is 11.9 Å². The number of nitrogens with two attached hydrogens (primary N) is 1. The van der Waals surface area contributed by atoms with Crippen LogP contribution < -0.4 is 5.73 Å². The molecule has 2 N–H and O–H groups in total. The molecule has 1 rings (SSSR count). The number of benzene rings is 1. The van der Waals surface area contributed by atoms with Gasteiger partial charge in [-0.25, -0.2) is 4.39 Å². The number of halogens is 3. The lowest BCUT2D eigenvalue weighted by Crippen LogP contribution is -2.26. The highest BCUT2D eigenvalue weighted by Gasteiger charge is 2.19. The molecule has 5 heteroatoms. The summed E-state index contributed by atoms with van der Waals surface area (Å²) in [5, 5.41) is 0.0497. The van der Waals surface area contributed by atoms with E-state index in [2.05, 4.69) is 15.9 Å². The summed E-state index contributed by atoms with van der Waals surface area (Å²) in [6.45, 7) is 6.01. The molecule has 1 aromatic rings. The molecule has 1 aromatic carbocycles. The van der Waals surface area contributed by atoms with Gasteiger partial charge in [-0.05, 0) is 42.8 Å². The number of hydrogen-bond donors (Lipinski definition) is 1. The zero-order valence-corrected chi connectivity index (χ0v) is 12.4. The average molecular weight is 325 g/mol. The summed E-state index contributed by atoms with van der Waals surface area (Å²) in [4.78, 5) is 0. The fourth-order valence-corrected chi connectivity index (χ4v) is 1.74. The quantitative estimate of drug-likeness (QED) is 0.851. The van der Waals surface area contributed by atoms with Crippen molar-refractivity contribution in [2.75, 3.05) is 6.61 Å². The highest BCUT2D eigenvalue weighted by Crippen LogP contribution is 2.30. The number of hydrogen-bond acceptors (Lipinski definition) is 2. The minimum absolute atomic E-state index is 0.0497. The van der Waals surface area contributed by atoms with E-state index in [1.165, 1.54) is 0 Å². The van der Waals surface area contributed by atoms with E-state index in [0.717, 1.165) is 0 Å². The van der Waals surface area contributed by atoms with Gasteiger partial charge in [0.15, 0.2) is 0 Å². The van der Waals surface area contributed by atoms with E-state index in [1.54, 1.807) is 12.1 Å². The maximum absolute atomic E-state index is 13.8. The molecule has 96 valence electrons. The first-order chi connectivity index (χ1) is 7.72. The molecule has 0 saturated heterocycles. The van der Waals surface area contributed by atoms with Gasteiger partial charge in [0.2, 0.25) is 0 Å². The molecule has 0 amide bonds. The Kier molecular flexibility index (Phi) is 4.95. The Bertz CT molecular complexity index is 406. The highest BCUT2D eigenvalue weighted by molar-refractivity contribution is 9.10. The van der Waals surface area contributed by atoms with Crippen LogP contribution in [0.3, 0.4) is 0 Å². The van der Waals surface area contributed by atoms with E-state index in [9.17, 15) is 4.39 Å². The Morgan fingerprint density at radius 3 is 2.59 bits per heavy atom. The summed E-state index contributed by atoms with van der Waals surface area (Å²) < 4.78 is 19.9. The first kappa shape index (κ1) is 14.9. The fourth-order valence-electron chi connectivity index (χ4n) is 1.26. The minimum Gasteiger partial charge on any atom is -0.374 e. The van der Waals surface area contributed by atoms with Gasteiger partial charge in [-0.1, -0.05) is 17.7 Å². The number of rotatable bonds is 3. The maximum Gasteiger partial charge on any atom is 0.147 e. The van der Waals surface area contributed by atoms with E-state index >= 15 is 0 Å². The van der Waals surface area contributed by atoms with Crippen molar-refractivity contribution in [3.8, 4) is 0 Å². The van der Waals surface area contributed by atoms with Gasteiger partial charge < -0.3 is 10.5 Å². The molecule has 0 aliphatic heterocycles. The summed E-state index contributed by atoms with van der Waals surface area (Å²) in [5.41, 5.74) is 5.95. The molecule has 1 atom stereocenters. The molecule has 0 aliphatic carbocycles. The molecule has 1 unspecified atom stereocenters. The van der Waals surface area contributed by atoms with Crippen molar-refractivity contribution >= 4 is 27.5 Å². The predicted molar refractivity (Wildman–Crippen MR) is 71.7 cm³/mol. The summed E-state index contributed by atoms with van der Waals surface area (Å²) in [6.07, 6.45) is 0. The smallest absolute Gasteiger partial charge is 0.147 e. The summed E-state index contributed by atoms with van der Waals surface area (Å²) in [5.74, 6) is -0.494. The Balaban J connectivity index is 2.83. The second-order valence-electron chi connectivity index (χ2n) is 4.79. The van der Waals surface area contributed by atoms with E-state index in [-0.39, 0.29) is 17.2 Å². The van der Waals surface area contributed by atoms with Crippen molar-refractivity contribution < 1.29 is 9.13 Å². The van der Waals surface area contributed by atoms with Crippen LogP contribution in [0.1, 0.15) is 32.4 Å². The maximum atomic E-state index is 13.8. The van der Waals surface area contributed by atoms with Crippen LogP contribution in [0.4, 0.5) is 4.39 Å². The average Bonchev–Trinajstić information content (AvgIpc) is 2.22. The van der Waals surface area contributed by atoms with Crippen LogP contribution in [0.15, 0.2) is 16.6 Å². The first-order valence-electron chi connectivity index (χ1n) is 5.25. The van der Waals surface area contributed by atoms with Gasteiger partial charge in [-0.2, -0.15) is 0 Å². The molecule has 0 bridgehead atoms. The van der Waals surface area contributed by atoms with Crippen molar-refractivity contribution in [1.29, 1.82) is 0 Å². The van der Waals surface area contributed by atoms with Gasteiger partial charge in [-0.3, -0.25) is 0 Å². The molecule has 0 radical (unpaired) electrons. The van der Waals surface area contributed by atoms with E-state index in [4.69, 9.17) is 22.1 Å². The second-order valence-corrected chi connectivity index (χ2v) is 6.03. The lowest BCUT2D eigenvalue weighted by Gasteiger charge is -2.23. The third-order valence-corrected chi connectivity index (χ3v) is 3.42. The fraction of sp³-hybridized carbons (Fsp3) is 0.500. The molecule has 0 fully saturated rings. The molecule has 0 heterocycles. The Morgan fingerprint density at radius 1 is 1.47 bits per heavy atom. The molecule has 0 aromatic heterocycles. The van der Waals surface area contributed by atoms with Crippen molar-refractivity contribution in [2.45, 2.75) is 32.4 Å². The lowest BCUT2D eigenvalue weighted by atomic mass is 10.1. The van der Waals surface area contributed by atoms with E-state index in [0.29, 0.717) is 10.0 Å². The van der Waals surface area contributed by atoms with Crippen LogP contribution in [0, 0.1) is 5.82 Å². The van der Waals surface area contributed by atoms with Crippen molar-refractivity contribution in [2.24, 2.45) is 5.73 Å². The van der Waals surface area contributed by atoms with Gasteiger partial charge in [0, 0.05) is 10.0 Å². The van der Waals surface area contributed by atoms with Gasteiger partial charge in [0.05, 0.1) is 23.3 Å². The van der Waals surface area contributed by atoms with Crippen LogP contribution in [0.2, 0.25) is 5.02 Å². The van der Waals surface area contributed by atoms with Crippen molar-refractivity contribution in [1.82, 2.24) is 0 Å². The van der Waals surface area contributed by atoms with Crippen LogP contribution in [-0.4, -0.2) is 12.2 Å². The Labute approximate surface area is 114 Å². The Hall–Kier alpha value is -0.160. The van der Waals surface area contributed by atoms with Crippen LogP contribution in [0.5, 0.6) is 0 Å². The molecule has 0 spiro atoms. The molecule has 0 aliphatic rings. The molecule has 17 heavy (non-hydrogen) atoms. The van der Waals surface area contributed by atoms with Crippen LogP contribution in [-0.2, 0) is 4.74 Å². The van der Waals surface area contributed by atoms with Crippen molar-refractivity contribution in [3.63, 3.8) is 0 Å². The largest absolute Gasteiger partial charge is 0.374 e. The zero-order valence-electron chi connectivity index (χ0n) is 10.1. The molecule has 2 nitrogen and oxygen atoms in total. The molecular formula is C12H16BrClFNO. The Morgan fingerprint density at radius 2 is 2.06 bits per heavy atom. The summed E-state index contributed by atoms with van der Waals surface area (Å²) in [6, 6.07) is 2.76. The van der Waals surface area contributed by atoms with Gasteiger partial charge in [0.25, 0.3) is 0 Å². The van der Waals surface area contributed by atoms with Gasteiger partial charge >= 0.3 is 0 Å². The highest BCUT2D eigenvalue weighted by atomic mass is 79.9. The first-order valence-corrected chi connectivity index (χ1v) is 6.42. The van der Waals surface area contributed by atoms with Crippen LogP contribution in [0.25, 0.3) is 0 Å². The van der Waals surface area contributed by atoms with Gasteiger partial charge in [-0.15, -0.1) is 0 Å².